The molecule has 0 spiro atoms. The van der Waals surface area contributed by atoms with Crippen LogP contribution in [0.1, 0.15) is 36.7 Å². The van der Waals surface area contributed by atoms with Crippen LogP contribution in [0.3, 0.4) is 0 Å². The molecule has 2 rings (SSSR count). The van der Waals surface area contributed by atoms with Gasteiger partial charge in [0.2, 0.25) is 0 Å². The van der Waals surface area contributed by atoms with E-state index in [2.05, 4.69) is 38.7 Å². The molecule has 16 heavy (non-hydrogen) atoms. The summed E-state index contributed by atoms with van der Waals surface area (Å²) in [5.41, 5.74) is 4.97. The van der Waals surface area contributed by atoms with Gasteiger partial charge < -0.3 is 4.42 Å². The van der Waals surface area contributed by atoms with Gasteiger partial charge in [0.15, 0.2) is 0 Å². The third kappa shape index (κ3) is 2.35. The predicted octanol–water partition coefficient (Wildman–Crippen LogP) is 4.44. The summed E-state index contributed by atoms with van der Waals surface area (Å²) in [5, 5.41) is 0. The van der Waals surface area contributed by atoms with Crippen molar-refractivity contribution in [3.05, 3.63) is 53.0 Å². The van der Waals surface area contributed by atoms with E-state index in [9.17, 15) is 0 Å². The van der Waals surface area contributed by atoms with Crippen LogP contribution in [0, 0.1) is 6.92 Å². The van der Waals surface area contributed by atoms with Crippen molar-refractivity contribution in [2.75, 3.05) is 0 Å². The van der Waals surface area contributed by atoms with E-state index in [-0.39, 0.29) is 0 Å². The summed E-state index contributed by atoms with van der Waals surface area (Å²) < 4.78 is 5.60. The summed E-state index contributed by atoms with van der Waals surface area (Å²) in [6, 6.07) is 0. The Morgan fingerprint density at radius 3 is 2.88 bits per heavy atom. The summed E-state index contributed by atoms with van der Waals surface area (Å²) >= 11 is 0. The van der Waals surface area contributed by atoms with E-state index in [4.69, 9.17) is 4.42 Å². The van der Waals surface area contributed by atoms with Gasteiger partial charge in [-0.3, -0.25) is 0 Å². The van der Waals surface area contributed by atoms with Crippen molar-refractivity contribution in [2.24, 2.45) is 0 Å². The Bertz CT molecular complexity index is 458. The van der Waals surface area contributed by atoms with E-state index < -0.39 is 0 Å². The fourth-order valence-electron chi connectivity index (χ4n) is 1.98. The third-order valence-corrected chi connectivity index (χ3v) is 2.99. The van der Waals surface area contributed by atoms with Crippen LogP contribution in [0.5, 0.6) is 0 Å². The summed E-state index contributed by atoms with van der Waals surface area (Å²) in [7, 11) is 0. The molecular weight excluding hydrogens is 196 g/mol. The summed E-state index contributed by atoms with van der Waals surface area (Å²) in [6.07, 6.45) is 11.4. The van der Waals surface area contributed by atoms with Crippen molar-refractivity contribution < 1.29 is 4.42 Å². The fraction of sp³-hybridized carbons (Fsp3) is 0.333. The number of rotatable bonds is 0. The first-order chi connectivity index (χ1) is 7.66. The minimum absolute atomic E-state index is 0.917. The monoisotopic (exact) mass is 214 g/mol. The van der Waals surface area contributed by atoms with Gasteiger partial charge in [0.05, 0.1) is 6.26 Å². The maximum atomic E-state index is 5.60. The molecule has 1 aromatic rings. The largest absolute Gasteiger partial charge is 0.468 e. The van der Waals surface area contributed by atoms with Gasteiger partial charge in [0, 0.05) is 12.0 Å². The number of hydrogen-bond donors (Lipinski definition) is 0. The Morgan fingerprint density at radius 1 is 1.25 bits per heavy atom. The second kappa shape index (κ2) is 4.56. The smallest absolute Gasteiger partial charge is 0.115 e. The van der Waals surface area contributed by atoms with E-state index in [0.717, 1.165) is 25.0 Å². The van der Waals surface area contributed by atoms with Crippen molar-refractivity contribution in [3.8, 4) is 0 Å². The van der Waals surface area contributed by atoms with E-state index in [0.29, 0.717) is 0 Å². The number of hydrogen-bond acceptors (Lipinski definition) is 1. The first kappa shape index (κ1) is 11.0. The van der Waals surface area contributed by atoms with Crippen molar-refractivity contribution in [1.29, 1.82) is 0 Å². The maximum absolute atomic E-state index is 5.60. The van der Waals surface area contributed by atoms with Crippen LogP contribution in [0.4, 0.5) is 0 Å². The Hall–Kier alpha value is -1.50. The standard InChI is InChI=1S/C15H18O/c1-11-5-4-6-12(2)9-15-14(8-7-11)13(3)10-16-15/h6-8,10H,1,4-5,9H2,2-3H3. The minimum atomic E-state index is 0.917. The normalized spacial score (nSPS) is 16.9. The summed E-state index contributed by atoms with van der Waals surface area (Å²) in [5.74, 6) is 1.07. The van der Waals surface area contributed by atoms with Crippen LogP contribution in [0.15, 0.2) is 40.6 Å². The molecule has 84 valence electrons. The van der Waals surface area contributed by atoms with E-state index in [1.807, 2.05) is 6.26 Å². The van der Waals surface area contributed by atoms with Crippen molar-refractivity contribution in [3.63, 3.8) is 0 Å². The molecular formula is C15H18O. The van der Waals surface area contributed by atoms with E-state index >= 15 is 0 Å². The zero-order valence-electron chi connectivity index (χ0n) is 10.0. The summed E-state index contributed by atoms with van der Waals surface area (Å²) in [4.78, 5) is 0. The maximum Gasteiger partial charge on any atom is 0.115 e. The Balaban J connectivity index is 2.41. The van der Waals surface area contributed by atoms with Gasteiger partial charge in [-0.15, -0.1) is 0 Å². The second-order valence-corrected chi connectivity index (χ2v) is 4.51. The first-order valence-corrected chi connectivity index (χ1v) is 5.75. The zero-order valence-corrected chi connectivity index (χ0v) is 10.0. The minimum Gasteiger partial charge on any atom is -0.468 e. The fourth-order valence-corrected chi connectivity index (χ4v) is 1.98. The molecule has 0 bridgehead atoms. The third-order valence-electron chi connectivity index (χ3n) is 2.99. The molecule has 0 N–H and O–H groups in total. The highest BCUT2D eigenvalue weighted by molar-refractivity contribution is 5.58. The van der Waals surface area contributed by atoms with Gasteiger partial charge in [0.1, 0.15) is 5.76 Å². The number of allylic oxidation sites excluding steroid dienone is 4. The molecule has 0 amide bonds. The average Bonchev–Trinajstić information content (AvgIpc) is 2.57. The van der Waals surface area contributed by atoms with Gasteiger partial charge >= 0.3 is 0 Å². The van der Waals surface area contributed by atoms with Gasteiger partial charge in [-0.05, 0) is 32.3 Å². The van der Waals surface area contributed by atoms with Crippen LogP contribution < -0.4 is 0 Å². The lowest BCUT2D eigenvalue weighted by molar-refractivity contribution is 0.517. The quantitative estimate of drug-likeness (QED) is 0.582. The molecule has 1 aliphatic rings. The van der Waals surface area contributed by atoms with E-state index in [1.54, 1.807) is 0 Å². The number of aryl methyl sites for hydroxylation is 1. The Morgan fingerprint density at radius 2 is 2.06 bits per heavy atom. The van der Waals surface area contributed by atoms with E-state index in [1.165, 1.54) is 22.3 Å². The Labute approximate surface area is 97.2 Å². The molecule has 0 saturated heterocycles. The molecule has 0 radical (unpaired) electrons. The molecule has 0 unspecified atom stereocenters. The van der Waals surface area contributed by atoms with Gasteiger partial charge in [-0.1, -0.05) is 36.0 Å². The van der Waals surface area contributed by atoms with Gasteiger partial charge in [-0.25, -0.2) is 0 Å². The van der Waals surface area contributed by atoms with Crippen molar-refractivity contribution >= 4 is 6.08 Å². The van der Waals surface area contributed by atoms with Gasteiger partial charge in [-0.2, -0.15) is 0 Å². The topological polar surface area (TPSA) is 13.1 Å². The highest BCUT2D eigenvalue weighted by Gasteiger charge is 2.09. The first-order valence-electron chi connectivity index (χ1n) is 5.75. The highest BCUT2D eigenvalue weighted by atomic mass is 16.3. The molecule has 1 aromatic heterocycles. The molecule has 0 aliphatic heterocycles. The molecule has 0 fully saturated rings. The lowest BCUT2D eigenvalue weighted by atomic mass is 10.0. The zero-order chi connectivity index (χ0) is 11.5. The van der Waals surface area contributed by atoms with Crippen LogP contribution in [-0.2, 0) is 6.42 Å². The van der Waals surface area contributed by atoms with Crippen LogP contribution in [0.2, 0.25) is 0 Å². The lowest BCUT2D eigenvalue weighted by Gasteiger charge is -2.05. The van der Waals surface area contributed by atoms with Crippen LogP contribution >= 0.6 is 0 Å². The predicted molar refractivity (Wildman–Crippen MR) is 68.3 cm³/mol. The molecule has 1 nitrogen and oxygen atoms in total. The number of furan rings is 1. The van der Waals surface area contributed by atoms with Gasteiger partial charge in [0.25, 0.3) is 0 Å². The van der Waals surface area contributed by atoms with Crippen LogP contribution in [0.25, 0.3) is 6.08 Å². The van der Waals surface area contributed by atoms with Crippen molar-refractivity contribution in [1.82, 2.24) is 0 Å². The summed E-state index contributed by atoms with van der Waals surface area (Å²) in [6.45, 7) is 8.30. The average molecular weight is 214 g/mol. The second-order valence-electron chi connectivity index (χ2n) is 4.51. The van der Waals surface area contributed by atoms with Crippen LogP contribution in [-0.4, -0.2) is 0 Å². The number of fused-ring (bicyclic) bond motifs is 1. The van der Waals surface area contributed by atoms with Crippen molar-refractivity contribution in [2.45, 2.75) is 33.1 Å². The molecule has 0 aromatic carbocycles. The molecule has 1 heterocycles. The SMILES string of the molecule is C=C1C=Cc2c(C)coc2CC(C)=CCC1. The molecule has 0 atom stereocenters. The molecule has 0 saturated carbocycles. The molecule has 1 aliphatic carbocycles. The molecule has 1 heteroatoms. The highest BCUT2D eigenvalue weighted by Crippen LogP contribution is 2.23. The lowest BCUT2D eigenvalue weighted by Crippen LogP contribution is -1.90. The Kier molecular flexibility index (Phi) is 3.14.